The predicted octanol–water partition coefficient (Wildman–Crippen LogP) is 4.43. The number of aryl methyl sites for hydroxylation is 1. The van der Waals surface area contributed by atoms with Crippen molar-refractivity contribution in [2.24, 2.45) is 0 Å². The number of rotatable bonds is 6. The zero-order valence-electron chi connectivity index (χ0n) is 16.9. The van der Waals surface area contributed by atoms with Gasteiger partial charge in [0.05, 0.1) is 11.4 Å². The van der Waals surface area contributed by atoms with Gasteiger partial charge in [0, 0.05) is 22.9 Å². The Labute approximate surface area is 177 Å². The first-order valence-corrected chi connectivity index (χ1v) is 9.56. The molecule has 0 N–H and O–H groups in total. The minimum atomic E-state index is -0.548. The zero-order valence-corrected chi connectivity index (χ0v) is 16.9. The number of ether oxygens (including phenoxy) is 1. The van der Waals surface area contributed by atoms with Crippen molar-refractivity contribution in [3.63, 3.8) is 0 Å². The molecule has 0 atom stereocenters. The van der Waals surface area contributed by atoms with E-state index in [9.17, 15) is 9.18 Å². The van der Waals surface area contributed by atoms with Crippen LogP contribution in [0.15, 0.2) is 65.2 Å². The lowest BCUT2D eigenvalue weighted by molar-refractivity contribution is -0.139. The van der Waals surface area contributed by atoms with E-state index in [1.165, 1.54) is 18.2 Å². The number of nitrogens with zero attached hydrogens (tertiary/aromatic N) is 4. The number of esters is 1. The summed E-state index contributed by atoms with van der Waals surface area (Å²) in [5.41, 5.74) is 4.10. The monoisotopic (exact) mass is 418 g/mol. The molecule has 2 aromatic carbocycles. The largest absolute Gasteiger partial charge is 0.452 e. The fourth-order valence-electron chi connectivity index (χ4n) is 3.08. The van der Waals surface area contributed by atoms with Crippen LogP contribution in [-0.2, 0) is 16.1 Å². The smallest absolute Gasteiger partial charge is 0.331 e. The molecule has 0 saturated heterocycles. The molecule has 156 valence electrons. The van der Waals surface area contributed by atoms with E-state index in [2.05, 4.69) is 15.2 Å². The number of halogens is 1. The maximum absolute atomic E-state index is 13.0. The van der Waals surface area contributed by atoms with Gasteiger partial charge in [-0.15, -0.1) is 0 Å². The summed E-state index contributed by atoms with van der Waals surface area (Å²) < 4.78 is 25.1. The van der Waals surface area contributed by atoms with Gasteiger partial charge >= 0.3 is 5.97 Å². The predicted molar refractivity (Wildman–Crippen MR) is 112 cm³/mol. The first kappa shape index (κ1) is 20.2. The third-order valence-electron chi connectivity index (χ3n) is 4.64. The zero-order chi connectivity index (χ0) is 21.8. The SMILES string of the molecule is Cc1nn(-c2ccccc2)c(C)c1/C=C/C(=O)OCc1nc(-c2ccc(F)cc2)no1. The average Bonchev–Trinajstić information content (AvgIpc) is 3.36. The van der Waals surface area contributed by atoms with Crippen LogP contribution in [0.3, 0.4) is 0 Å². The van der Waals surface area contributed by atoms with Crippen LogP contribution in [-0.4, -0.2) is 25.9 Å². The van der Waals surface area contributed by atoms with E-state index in [1.54, 1.807) is 18.2 Å². The van der Waals surface area contributed by atoms with Crippen LogP contribution >= 0.6 is 0 Å². The highest BCUT2D eigenvalue weighted by atomic mass is 19.1. The van der Waals surface area contributed by atoms with Crippen molar-refractivity contribution in [1.82, 2.24) is 19.9 Å². The lowest BCUT2D eigenvalue weighted by Crippen LogP contribution is -2.01. The first-order chi connectivity index (χ1) is 15.0. The van der Waals surface area contributed by atoms with E-state index >= 15 is 0 Å². The van der Waals surface area contributed by atoms with Crippen molar-refractivity contribution in [2.45, 2.75) is 20.5 Å². The fraction of sp³-hybridized carbons (Fsp3) is 0.130. The number of benzene rings is 2. The first-order valence-electron chi connectivity index (χ1n) is 9.56. The van der Waals surface area contributed by atoms with Crippen molar-refractivity contribution in [3.8, 4) is 17.1 Å². The van der Waals surface area contributed by atoms with Gasteiger partial charge in [-0.1, -0.05) is 23.4 Å². The Hall–Kier alpha value is -4.07. The van der Waals surface area contributed by atoms with E-state index in [0.717, 1.165) is 22.6 Å². The standard InChI is InChI=1S/C23H19FN4O3/c1-15-20(16(2)28(26-15)19-6-4-3-5-7-19)12-13-22(29)30-14-21-25-23(27-31-21)17-8-10-18(24)11-9-17/h3-13H,14H2,1-2H3/b13-12+. The van der Waals surface area contributed by atoms with Crippen molar-refractivity contribution in [2.75, 3.05) is 0 Å². The summed E-state index contributed by atoms with van der Waals surface area (Å²) in [5, 5.41) is 8.36. The molecular formula is C23H19FN4O3. The highest BCUT2D eigenvalue weighted by molar-refractivity contribution is 5.87. The van der Waals surface area contributed by atoms with Gasteiger partial charge in [0.25, 0.3) is 5.89 Å². The lowest BCUT2D eigenvalue weighted by atomic mass is 10.2. The number of carbonyl (C=O) groups is 1. The Morgan fingerprint density at radius 3 is 2.61 bits per heavy atom. The summed E-state index contributed by atoms with van der Waals surface area (Å²) in [5.74, 6) is -0.465. The van der Waals surface area contributed by atoms with Crippen LogP contribution in [0.1, 0.15) is 22.8 Å². The number of carbonyl (C=O) groups excluding carboxylic acids is 1. The molecule has 7 nitrogen and oxygen atoms in total. The van der Waals surface area contributed by atoms with Crippen molar-refractivity contribution < 1.29 is 18.4 Å². The van der Waals surface area contributed by atoms with E-state index in [-0.39, 0.29) is 18.3 Å². The molecule has 0 spiro atoms. The molecule has 0 fully saturated rings. The van der Waals surface area contributed by atoms with Gasteiger partial charge < -0.3 is 9.26 Å². The lowest BCUT2D eigenvalue weighted by Gasteiger charge is -2.03. The molecule has 2 heterocycles. The fourth-order valence-corrected chi connectivity index (χ4v) is 3.08. The summed E-state index contributed by atoms with van der Waals surface area (Å²) in [6.07, 6.45) is 3.01. The van der Waals surface area contributed by atoms with Gasteiger partial charge in [-0.05, 0) is 56.3 Å². The Bertz CT molecular complexity index is 1230. The van der Waals surface area contributed by atoms with E-state index in [0.29, 0.717) is 11.4 Å². The van der Waals surface area contributed by atoms with Gasteiger partial charge in [-0.3, -0.25) is 0 Å². The van der Waals surface area contributed by atoms with Crippen molar-refractivity contribution >= 4 is 12.0 Å². The van der Waals surface area contributed by atoms with Crippen molar-refractivity contribution in [1.29, 1.82) is 0 Å². The summed E-state index contributed by atoms with van der Waals surface area (Å²) in [6.45, 7) is 3.65. The van der Waals surface area contributed by atoms with Gasteiger partial charge in [-0.25, -0.2) is 13.9 Å². The van der Waals surface area contributed by atoms with Crippen LogP contribution < -0.4 is 0 Å². The molecule has 0 aliphatic carbocycles. The van der Waals surface area contributed by atoms with Crippen LogP contribution in [0.5, 0.6) is 0 Å². The molecule has 8 heteroatoms. The third kappa shape index (κ3) is 4.58. The summed E-state index contributed by atoms with van der Waals surface area (Å²) in [4.78, 5) is 16.3. The van der Waals surface area contributed by atoms with Crippen molar-refractivity contribution in [3.05, 3.63) is 89.3 Å². The van der Waals surface area contributed by atoms with E-state index in [4.69, 9.17) is 9.26 Å². The second-order valence-corrected chi connectivity index (χ2v) is 6.79. The molecule has 0 unspecified atom stereocenters. The summed E-state index contributed by atoms with van der Waals surface area (Å²) >= 11 is 0. The van der Waals surface area contributed by atoms with Crippen LogP contribution in [0.25, 0.3) is 23.2 Å². The Morgan fingerprint density at radius 2 is 1.87 bits per heavy atom. The van der Waals surface area contributed by atoms with Gasteiger partial charge in [0.15, 0.2) is 6.61 Å². The Balaban J connectivity index is 1.40. The molecule has 0 amide bonds. The topological polar surface area (TPSA) is 83.0 Å². The number of hydrogen-bond acceptors (Lipinski definition) is 6. The van der Waals surface area contributed by atoms with Gasteiger partial charge in [-0.2, -0.15) is 10.1 Å². The van der Waals surface area contributed by atoms with Crippen LogP contribution in [0.4, 0.5) is 4.39 Å². The minimum absolute atomic E-state index is 0.144. The van der Waals surface area contributed by atoms with E-state index in [1.807, 2.05) is 48.9 Å². The Morgan fingerprint density at radius 1 is 1.13 bits per heavy atom. The molecule has 0 bridgehead atoms. The number of para-hydroxylation sites is 1. The summed E-state index contributed by atoms with van der Waals surface area (Å²) in [6, 6.07) is 15.4. The highest BCUT2D eigenvalue weighted by Crippen LogP contribution is 2.19. The van der Waals surface area contributed by atoms with Gasteiger partial charge in [0.2, 0.25) is 5.82 Å². The molecule has 2 aromatic heterocycles. The highest BCUT2D eigenvalue weighted by Gasteiger charge is 2.12. The molecular weight excluding hydrogens is 399 g/mol. The Kier molecular flexibility index (Phi) is 5.70. The molecule has 0 aliphatic rings. The normalized spacial score (nSPS) is 11.2. The molecule has 0 saturated carbocycles. The third-order valence-corrected chi connectivity index (χ3v) is 4.64. The quantitative estimate of drug-likeness (QED) is 0.340. The van der Waals surface area contributed by atoms with Crippen LogP contribution in [0.2, 0.25) is 0 Å². The maximum Gasteiger partial charge on any atom is 0.331 e. The summed E-state index contributed by atoms with van der Waals surface area (Å²) in [7, 11) is 0. The minimum Gasteiger partial charge on any atom is -0.452 e. The van der Waals surface area contributed by atoms with Crippen LogP contribution in [0, 0.1) is 19.7 Å². The second-order valence-electron chi connectivity index (χ2n) is 6.79. The molecule has 31 heavy (non-hydrogen) atoms. The number of hydrogen-bond donors (Lipinski definition) is 0. The molecule has 4 rings (SSSR count). The molecule has 0 aliphatic heterocycles. The van der Waals surface area contributed by atoms with Gasteiger partial charge in [0.1, 0.15) is 5.82 Å². The molecule has 0 radical (unpaired) electrons. The van der Waals surface area contributed by atoms with E-state index < -0.39 is 5.97 Å². The molecule has 4 aromatic rings. The average molecular weight is 418 g/mol. The maximum atomic E-state index is 13.0. The number of aromatic nitrogens is 4. The second kappa shape index (κ2) is 8.74.